The first-order valence-electron chi connectivity index (χ1n) is 8.76. The summed E-state index contributed by atoms with van der Waals surface area (Å²) >= 11 is 0. The molecule has 0 unspecified atom stereocenters. The van der Waals surface area contributed by atoms with Gasteiger partial charge in [-0.25, -0.2) is 9.59 Å². The van der Waals surface area contributed by atoms with E-state index in [9.17, 15) is 9.59 Å². The van der Waals surface area contributed by atoms with Crippen molar-refractivity contribution in [3.63, 3.8) is 0 Å². The zero-order chi connectivity index (χ0) is 18.1. The number of aliphatic carboxylic acids is 2. The van der Waals surface area contributed by atoms with Crippen LogP contribution in [0.5, 0.6) is 0 Å². The van der Waals surface area contributed by atoms with E-state index in [-0.39, 0.29) is 0 Å². The van der Waals surface area contributed by atoms with Gasteiger partial charge in [0.15, 0.2) is 0 Å². The molecule has 1 heterocycles. The number of carbonyl (C=O) groups is 2. The largest absolute Gasteiger partial charge is 0.478 e. The van der Waals surface area contributed by atoms with Crippen LogP contribution in [0.2, 0.25) is 0 Å². The van der Waals surface area contributed by atoms with E-state index in [0.717, 1.165) is 32.1 Å². The van der Waals surface area contributed by atoms with E-state index in [1.54, 1.807) is 5.56 Å². The number of benzene rings is 1. The fraction of sp³-hybridized carbons (Fsp3) is 0.474. The molecule has 1 aromatic carbocycles. The average molecular weight is 346 g/mol. The van der Waals surface area contributed by atoms with Crippen LogP contribution < -0.4 is 10.2 Å². The lowest BCUT2D eigenvalue weighted by atomic mass is 9.97. The molecule has 136 valence electrons. The molecule has 1 aliphatic carbocycles. The van der Waals surface area contributed by atoms with Crippen LogP contribution in [0.15, 0.2) is 36.4 Å². The van der Waals surface area contributed by atoms with Crippen LogP contribution in [0.3, 0.4) is 0 Å². The maximum Gasteiger partial charge on any atom is 0.328 e. The zero-order valence-electron chi connectivity index (χ0n) is 14.4. The van der Waals surface area contributed by atoms with Gasteiger partial charge in [-0.1, -0.05) is 25.0 Å². The topological polar surface area (TPSA) is 89.9 Å². The van der Waals surface area contributed by atoms with Crippen LogP contribution in [0.4, 0.5) is 5.69 Å². The predicted molar refractivity (Wildman–Crippen MR) is 97.1 cm³/mol. The highest BCUT2D eigenvalue weighted by atomic mass is 16.4. The minimum atomic E-state index is -1.26. The third kappa shape index (κ3) is 6.58. The van der Waals surface area contributed by atoms with Crippen molar-refractivity contribution in [2.75, 3.05) is 31.1 Å². The molecule has 0 atom stereocenters. The Hall–Kier alpha value is -2.34. The summed E-state index contributed by atoms with van der Waals surface area (Å²) in [6.45, 7) is 4.51. The summed E-state index contributed by atoms with van der Waals surface area (Å²) < 4.78 is 0. The van der Waals surface area contributed by atoms with E-state index < -0.39 is 11.9 Å². The van der Waals surface area contributed by atoms with Gasteiger partial charge in [0.2, 0.25) is 0 Å². The van der Waals surface area contributed by atoms with Crippen molar-refractivity contribution in [1.29, 1.82) is 0 Å². The fourth-order valence-corrected chi connectivity index (χ4v) is 3.28. The van der Waals surface area contributed by atoms with Crippen LogP contribution in [0.1, 0.15) is 37.2 Å². The van der Waals surface area contributed by atoms with Crippen LogP contribution in [-0.2, 0) is 9.59 Å². The number of carboxylic acid groups (broad SMARTS) is 2. The molecular weight excluding hydrogens is 320 g/mol. The summed E-state index contributed by atoms with van der Waals surface area (Å²) in [5, 5.41) is 19.0. The van der Waals surface area contributed by atoms with Crippen LogP contribution in [-0.4, -0.2) is 48.3 Å². The van der Waals surface area contributed by atoms with E-state index in [1.165, 1.54) is 31.4 Å². The van der Waals surface area contributed by atoms with E-state index in [2.05, 4.69) is 34.5 Å². The molecule has 3 rings (SSSR count). The van der Waals surface area contributed by atoms with Crippen LogP contribution in [0, 0.1) is 0 Å². The average Bonchev–Trinajstić information content (AvgIpc) is 3.16. The predicted octanol–water partition coefficient (Wildman–Crippen LogP) is 2.47. The maximum absolute atomic E-state index is 9.55. The smallest absolute Gasteiger partial charge is 0.328 e. The molecule has 6 nitrogen and oxygen atoms in total. The normalized spacial score (nSPS) is 18.0. The lowest BCUT2D eigenvalue weighted by molar-refractivity contribution is -0.134. The molecular formula is C19H26N2O4. The summed E-state index contributed by atoms with van der Waals surface area (Å²) in [4.78, 5) is 21.6. The SMILES string of the molecule is O=C(O)/C=C\C(=O)O.c1cc(N2CCNCC2)ccc1C1CCCC1. The Morgan fingerprint density at radius 1 is 0.960 bits per heavy atom. The van der Waals surface area contributed by atoms with Gasteiger partial charge >= 0.3 is 11.9 Å². The number of piperazine rings is 1. The fourth-order valence-electron chi connectivity index (χ4n) is 3.28. The van der Waals surface area contributed by atoms with E-state index in [0.29, 0.717) is 12.2 Å². The van der Waals surface area contributed by atoms with Gasteiger partial charge in [0.25, 0.3) is 0 Å². The molecule has 1 aromatic rings. The number of hydrogen-bond donors (Lipinski definition) is 3. The lowest BCUT2D eigenvalue weighted by Gasteiger charge is -2.29. The van der Waals surface area contributed by atoms with Gasteiger partial charge in [0.1, 0.15) is 0 Å². The van der Waals surface area contributed by atoms with Gasteiger partial charge in [-0.2, -0.15) is 0 Å². The molecule has 2 fully saturated rings. The minimum absolute atomic E-state index is 0.558. The molecule has 2 aliphatic rings. The molecule has 0 bridgehead atoms. The lowest BCUT2D eigenvalue weighted by Crippen LogP contribution is -2.43. The summed E-state index contributed by atoms with van der Waals surface area (Å²) in [7, 11) is 0. The first-order chi connectivity index (χ1) is 12.1. The number of hydrogen-bond acceptors (Lipinski definition) is 4. The number of anilines is 1. The van der Waals surface area contributed by atoms with E-state index >= 15 is 0 Å². The zero-order valence-corrected chi connectivity index (χ0v) is 14.4. The molecule has 6 heteroatoms. The van der Waals surface area contributed by atoms with Gasteiger partial charge in [0.05, 0.1) is 0 Å². The molecule has 0 amide bonds. The Morgan fingerprint density at radius 2 is 1.48 bits per heavy atom. The molecule has 0 aromatic heterocycles. The quantitative estimate of drug-likeness (QED) is 0.726. The van der Waals surface area contributed by atoms with Crippen molar-refractivity contribution in [2.24, 2.45) is 0 Å². The number of rotatable bonds is 4. The van der Waals surface area contributed by atoms with Crippen molar-refractivity contribution >= 4 is 17.6 Å². The summed E-state index contributed by atoms with van der Waals surface area (Å²) in [6.07, 6.45) is 6.75. The Labute approximate surface area is 148 Å². The maximum atomic E-state index is 9.55. The Kier molecular flexibility index (Phi) is 7.47. The summed E-state index contributed by atoms with van der Waals surface area (Å²) in [6, 6.07) is 9.35. The molecule has 1 saturated heterocycles. The van der Waals surface area contributed by atoms with Crippen molar-refractivity contribution < 1.29 is 19.8 Å². The second-order valence-electron chi connectivity index (χ2n) is 6.32. The van der Waals surface area contributed by atoms with Crippen LogP contribution >= 0.6 is 0 Å². The standard InChI is InChI=1S/C15H22N2.C4H4O4/c1-2-4-13(3-1)14-5-7-15(8-6-14)17-11-9-16-10-12-17;5-3(6)1-2-4(7)8/h5-8,13,16H,1-4,9-12H2;1-2H,(H,5,6)(H,7,8)/b;2-1-. The Bertz CT molecular complexity index is 570. The monoisotopic (exact) mass is 346 g/mol. The van der Waals surface area contributed by atoms with Gasteiger partial charge < -0.3 is 20.4 Å². The molecule has 0 radical (unpaired) electrons. The highest BCUT2D eigenvalue weighted by Crippen LogP contribution is 2.34. The number of carboxylic acids is 2. The van der Waals surface area contributed by atoms with E-state index in [4.69, 9.17) is 10.2 Å². The molecule has 25 heavy (non-hydrogen) atoms. The Balaban J connectivity index is 0.000000242. The second-order valence-corrected chi connectivity index (χ2v) is 6.32. The van der Waals surface area contributed by atoms with E-state index in [1.807, 2.05) is 0 Å². The van der Waals surface area contributed by atoms with Gasteiger partial charge in [-0.3, -0.25) is 0 Å². The van der Waals surface area contributed by atoms with Crippen molar-refractivity contribution in [3.8, 4) is 0 Å². The summed E-state index contributed by atoms with van der Waals surface area (Å²) in [5.74, 6) is -1.67. The van der Waals surface area contributed by atoms with Crippen LogP contribution in [0.25, 0.3) is 0 Å². The molecule has 1 saturated carbocycles. The third-order valence-corrected chi connectivity index (χ3v) is 4.57. The first-order valence-corrected chi connectivity index (χ1v) is 8.76. The highest BCUT2D eigenvalue weighted by molar-refractivity contribution is 5.89. The van der Waals surface area contributed by atoms with Crippen molar-refractivity contribution in [1.82, 2.24) is 5.32 Å². The number of nitrogens with zero attached hydrogens (tertiary/aromatic N) is 1. The first kappa shape index (κ1) is 19.0. The molecule has 1 aliphatic heterocycles. The van der Waals surface area contributed by atoms with Gasteiger partial charge in [-0.15, -0.1) is 0 Å². The second kappa shape index (κ2) is 9.84. The Morgan fingerprint density at radius 3 is 1.96 bits per heavy atom. The summed E-state index contributed by atoms with van der Waals surface area (Å²) in [5.41, 5.74) is 2.95. The minimum Gasteiger partial charge on any atom is -0.478 e. The highest BCUT2D eigenvalue weighted by Gasteiger charge is 2.17. The van der Waals surface area contributed by atoms with Gasteiger partial charge in [-0.05, 0) is 36.5 Å². The third-order valence-electron chi connectivity index (χ3n) is 4.57. The van der Waals surface area contributed by atoms with Crippen molar-refractivity contribution in [2.45, 2.75) is 31.6 Å². The molecule has 0 spiro atoms. The molecule has 3 N–H and O–H groups in total. The number of nitrogens with one attached hydrogen (secondary N) is 1. The van der Waals surface area contributed by atoms with Gasteiger partial charge in [0, 0.05) is 44.0 Å². The van der Waals surface area contributed by atoms with Crippen molar-refractivity contribution in [3.05, 3.63) is 42.0 Å².